The average molecular weight is 289 g/mol. The Morgan fingerprint density at radius 2 is 1.95 bits per heavy atom. The summed E-state index contributed by atoms with van der Waals surface area (Å²) in [5.74, 6) is 0.775. The average Bonchev–Trinajstić information content (AvgIpc) is 2.46. The highest BCUT2D eigenvalue weighted by Gasteiger charge is 2.11. The third kappa shape index (κ3) is 3.37. The molecule has 4 nitrogen and oxygen atoms in total. The molecule has 0 unspecified atom stereocenters. The molecule has 104 valence electrons. The maximum atomic E-state index is 10.7. The molecule has 2 aromatic carbocycles. The number of benzene rings is 2. The van der Waals surface area contributed by atoms with E-state index in [1.807, 2.05) is 12.1 Å². The predicted molar refractivity (Wildman–Crippen MR) is 79.8 cm³/mol. The second-order valence-corrected chi connectivity index (χ2v) is 5.44. The number of rotatable bonds is 5. The fourth-order valence-corrected chi connectivity index (χ4v) is 2.98. The van der Waals surface area contributed by atoms with Gasteiger partial charge in [0.1, 0.15) is 0 Å². The Balaban J connectivity index is 2.17. The SMILES string of the molecule is Cc1ccccc1CSc1ccc([N+](=O)[O-])cc1CO. The largest absolute Gasteiger partial charge is 0.392 e. The third-order valence-electron chi connectivity index (χ3n) is 3.07. The fourth-order valence-electron chi connectivity index (χ4n) is 1.87. The van der Waals surface area contributed by atoms with E-state index in [2.05, 4.69) is 19.1 Å². The van der Waals surface area contributed by atoms with Crippen LogP contribution >= 0.6 is 11.8 Å². The molecule has 0 bridgehead atoms. The molecule has 0 saturated heterocycles. The second-order valence-electron chi connectivity index (χ2n) is 4.42. The number of nitro benzene ring substituents is 1. The van der Waals surface area contributed by atoms with E-state index in [1.54, 1.807) is 17.8 Å². The molecule has 2 aromatic rings. The van der Waals surface area contributed by atoms with Crippen LogP contribution in [0.15, 0.2) is 47.4 Å². The van der Waals surface area contributed by atoms with Gasteiger partial charge in [0.25, 0.3) is 5.69 Å². The molecular formula is C15H15NO3S. The minimum atomic E-state index is -0.449. The summed E-state index contributed by atoms with van der Waals surface area (Å²) in [5.41, 5.74) is 3.04. The van der Waals surface area contributed by atoms with Crippen molar-refractivity contribution in [3.8, 4) is 0 Å². The van der Waals surface area contributed by atoms with Gasteiger partial charge in [0.15, 0.2) is 0 Å². The van der Waals surface area contributed by atoms with E-state index < -0.39 is 4.92 Å². The zero-order valence-corrected chi connectivity index (χ0v) is 11.9. The molecule has 0 aliphatic carbocycles. The van der Waals surface area contributed by atoms with Gasteiger partial charge in [0, 0.05) is 22.8 Å². The van der Waals surface area contributed by atoms with Gasteiger partial charge in [0.2, 0.25) is 0 Å². The molecule has 20 heavy (non-hydrogen) atoms. The van der Waals surface area contributed by atoms with Crippen LogP contribution in [0.3, 0.4) is 0 Å². The van der Waals surface area contributed by atoms with Gasteiger partial charge in [-0.05, 0) is 29.7 Å². The van der Waals surface area contributed by atoms with Crippen molar-refractivity contribution in [1.29, 1.82) is 0 Å². The van der Waals surface area contributed by atoms with E-state index in [9.17, 15) is 15.2 Å². The van der Waals surface area contributed by atoms with E-state index in [4.69, 9.17) is 0 Å². The smallest absolute Gasteiger partial charge is 0.269 e. The first-order chi connectivity index (χ1) is 9.61. The van der Waals surface area contributed by atoms with Gasteiger partial charge in [-0.15, -0.1) is 11.8 Å². The standard InChI is InChI=1S/C15H15NO3S/c1-11-4-2-3-5-12(11)10-20-15-7-6-14(16(18)19)8-13(15)9-17/h2-8,17H,9-10H2,1H3. The van der Waals surface area contributed by atoms with Gasteiger partial charge >= 0.3 is 0 Å². The Morgan fingerprint density at radius 3 is 2.60 bits per heavy atom. The Hall–Kier alpha value is -1.85. The second kappa shape index (κ2) is 6.54. The lowest BCUT2D eigenvalue weighted by Crippen LogP contribution is -1.94. The Kier molecular flexibility index (Phi) is 4.76. The number of nitrogens with zero attached hydrogens (tertiary/aromatic N) is 1. The van der Waals surface area contributed by atoms with Crippen molar-refractivity contribution in [2.24, 2.45) is 0 Å². The summed E-state index contributed by atoms with van der Waals surface area (Å²) in [5, 5.41) is 20.1. The maximum Gasteiger partial charge on any atom is 0.269 e. The minimum absolute atomic E-state index is 0.00860. The number of thioether (sulfide) groups is 1. The number of non-ortho nitro benzene ring substituents is 1. The Morgan fingerprint density at radius 1 is 1.20 bits per heavy atom. The minimum Gasteiger partial charge on any atom is -0.392 e. The van der Waals surface area contributed by atoms with Crippen LogP contribution in [0.1, 0.15) is 16.7 Å². The van der Waals surface area contributed by atoms with Crippen LogP contribution in [-0.2, 0) is 12.4 Å². The van der Waals surface area contributed by atoms with Crippen LogP contribution < -0.4 is 0 Å². The lowest BCUT2D eigenvalue weighted by atomic mass is 10.1. The summed E-state index contributed by atoms with van der Waals surface area (Å²) >= 11 is 1.58. The molecule has 0 aliphatic heterocycles. The molecule has 0 fully saturated rings. The monoisotopic (exact) mass is 289 g/mol. The summed E-state index contributed by atoms with van der Waals surface area (Å²) in [6.07, 6.45) is 0. The number of aliphatic hydroxyl groups excluding tert-OH is 1. The van der Waals surface area contributed by atoms with Crippen molar-refractivity contribution in [2.45, 2.75) is 24.2 Å². The van der Waals surface area contributed by atoms with Gasteiger partial charge in [-0.1, -0.05) is 24.3 Å². The summed E-state index contributed by atoms with van der Waals surface area (Å²) in [7, 11) is 0. The van der Waals surface area contributed by atoms with Crippen molar-refractivity contribution >= 4 is 17.4 Å². The number of hydrogen-bond donors (Lipinski definition) is 1. The third-order valence-corrected chi connectivity index (χ3v) is 4.23. The molecule has 0 atom stereocenters. The van der Waals surface area contributed by atoms with Gasteiger partial charge in [-0.25, -0.2) is 0 Å². The van der Waals surface area contributed by atoms with Gasteiger partial charge in [-0.3, -0.25) is 10.1 Å². The Bertz CT molecular complexity index is 628. The molecule has 0 aromatic heterocycles. The molecule has 0 aliphatic rings. The highest BCUT2D eigenvalue weighted by Crippen LogP contribution is 2.30. The molecule has 2 rings (SSSR count). The van der Waals surface area contributed by atoms with Crippen LogP contribution in [0, 0.1) is 17.0 Å². The molecule has 0 heterocycles. The molecule has 0 amide bonds. The predicted octanol–water partition coefficient (Wildman–Crippen LogP) is 3.69. The molecule has 0 spiro atoms. The van der Waals surface area contributed by atoms with Crippen LogP contribution in [0.4, 0.5) is 5.69 Å². The molecule has 5 heteroatoms. The first-order valence-electron chi connectivity index (χ1n) is 6.17. The lowest BCUT2D eigenvalue weighted by Gasteiger charge is -2.08. The van der Waals surface area contributed by atoms with Crippen LogP contribution in [-0.4, -0.2) is 10.0 Å². The quantitative estimate of drug-likeness (QED) is 0.518. The van der Waals surface area contributed by atoms with Crippen molar-refractivity contribution < 1.29 is 10.0 Å². The van der Waals surface area contributed by atoms with Gasteiger partial charge in [0.05, 0.1) is 11.5 Å². The number of aryl methyl sites for hydroxylation is 1. The summed E-state index contributed by atoms with van der Waals surface area (Å²) < 4.78 is 0. The van der Waals surface area contributed by atoms with Crippen molar-refractivity contribution in [3.05, 3.63) is 69.3 Å². The van der Waals surface area contributed by atoms with E-state index in [1.165, 1.54) is 23.3 Å². The number of nitro groups is 1. The maximum absolute atomic E-state index is 10.7. The first-order valence-corrected chi connectivity index (χ1v) is 7.16. The summed E-state index contributed by atoms with van der Waals surface area (Å²) in [6, 6.07) is 12.7. The first kappa shape index (κ1) is 14.6. The van der Waals surface area contributed by atoms with Crippen molar-refractivity contribution in [2.75, 3.05) is 0 Å². The van der Waals surface area contributed by atoms with Crippen molar-refractivity contribution in [3.63, 3.8) is 0 Å². The molecule has 1 N–H and O–H groups in total. The van der Waals surface area contributed by atoms with Gasteiger partial charge in [-0.2, -0.15) is 0 Å². The highest BCUT2D eigenvalue weighted by molar-refractivity contribution is 7.98. The zero-order valence-electron chi connectivity index (χ0n) is 11.1. The van der Waals surface area contributed by atoms with Crippen LogP contribution in [0.2, 0.25) is 0 Å². The molecule has 0 radical (unpaired) electrons. The van der Waals surface area contributed by atoms with Gasteiger partial charge < -0.3 is 5.11 Å². The van der Waals surface area contributed by atoms with E-state index in [0.717, 1.165) is 10.6 Å². The summed E-state index contributed by atoms with van der Waals surface area (Å²) in [6.45, 7) is 1.86. The Labute approximate surface area is 121 Å². The zero-order chi connectivity index (χ0) is 14.5. The molecular weight excluding hydrogens is 274 g/mol. The normalized spacial score (nSPS) is 10.5. The van der Waals surface area contributed by atoms with Crippen LogP contribution in [0.5, 0.6) is 0 Å². The fraction of sp³-hybridized carbons (Fsp3) is 0.200. The van der Waals surface area contributed by atoms with E-state index in [-0.39, 0.29) is 12.3 Å². The molecule has 0 saturated carbocycles. The van der Waals surface area contributed by atoms with Crippen molar-refractivity contribution in [1.82, 2.24) is 0 Å². The highest BCUT2D eigenvalue weighted by atomic mass is 32.2. The topological polar surface area (TPSA) is 63.4 Å². The summed E-state index contributed by atoms with van der Waals surface area (Å²) in [4.78, 5) is 11.1. The van der Waals surface area contributed by atoms with E-state index >= 15 is 0 Å². The number of aliphatic hydroxyl groups is 1. The van der Waals surface area contributed by atoms with Crippen LogP contribution in [0.25, 0.3) is 0 Å². The lowest BCUT2D eigenvalue weighted by molar-refractivity contribution is -0.385. The van der Waals surface area contributed by atoms with E-state index in [0.29, 0.717) is 5.56 Å². The number of hydrogen-bond acceptors (Lipinski definition) is 4.